The standard InChI is InChI=1S/C23H37NO4Si/c1-15(2)29(16(3)4,17(5)6)28-20-19(18-13-11-10-12-14-18)24(21(20)25)22(26)27-23(7,8)9/h10-17,19-20H,1-9H3/t19-,20+/m1/s1. The minimum Gasteiger partial charge on any atom is -0.443 e. The number of likely N-dealkylation sites (tertiary alicyclic amines) is 1. The third kappa shape index (κ3) is 4.58. The number of carbonyl (C=O) groups excluding carboxylic acids is 2. The molecule has 0 aliphatic carbocycles. The Morgan fingerprint density at radius 1 is 0.966 bits per heavy atom. The fraction of sp³-hybridized carbons (Fsp3) is 0.652. The van der Waals surface area contributed by atoms with E-state index in [2.05, 4.69) is 41.5 Å². The van der Waals surface area contributed by atoms with Crippen molar-refractivity contribution in [2.75, 3.05) is 0 Å². The first-order valence-corrected chi connectivity index (χ1v) is 12.8. The smallest absolute Gasteiger partial charge is 0.417 e. The third-order valence-electron chi connectivity index (χ3n) is 5.82. The van der Waals surface area contributed by atoms with E-state index in [1.807, 2.05) is 30.3 Å². The molecule has 2 atom stereocenters. The van der Waals surface area contributed by atoms with Crippen LogP contribution in [0.1, 0.15) is 73.9 Å². The first-order valence-electron chi connectivity index (χ1n) is 10.6. The van der Waals surface area contributed by atoms with Gasteiger partial charge in [0, 0.05) is 0 Å². The van der Waals surface area contributed by atoms with E-state index >= 15 is 0 Å². The molecule has 1 fully saturated rings. The topological polar surface area (TPSA) is 55.8 Å². The van der Waals surface area contributed by atoms with Gasteiger partial charge in [0.2, 0.25) is 8.32 Å². The predicted octanol–water partition coefficient (Wildman–Crippen LogP) is 6.07. The normalized spacial score (nSPS) is 20.4. The van der Waals surface area contributed by atoms with Crippen molar-refractivity contribution in [3.63, 3.8) is 0 Å². The van der Waals surface area contributed by atoms with E-state index in [0.717, 1.165) is 5.56 Å². The number of imide groups is 1. The van der Waals surface area contributed by atoms with Crippen molar-refractivity contribution in [1.29, 1.82) is 0 Å². The van der Waals surface area contributed by atoms with Crippen LogP contribution in [0.3, 0.4) is 0 Å². The van der Waals surface area contributed by atoms with Gasteiger partial charge in [-0.1, -0.05) is 71.9 Å². The molecule has 2 amide bonds. The molecule has 1 heterocycles. The summed E-state index contributed by atoms with van der Waals surface area (Å²) in [6.07, 6.45) is -1.26. The molecule has 1 aliphatic heterocycles. The molecular weight excluding hydrogens is 382 g/mol. The average molecular weight is 420 g/mol. The lowest BCUT2D eigenvalue weighted by atomic mass is 9.91. The molecule has 0 saturated carbocycles. The third-order valence-corrected chi connectivity index (χ3v) is 11.9. The molecule has 1 aromatic rings. The van der Waals surface area contributed by atoms with Gasteiger partial charge in [-0.05, 0) is 43.0 Å². The van der Waals surface area contributed by atoms with E-state index < -0.39 is 32.2 Å². The van der Waals surface area contributed by atoms with Gasteiger partial charge in [0.05, 0.1) is 0 Å². The lowest BCUT2D eigenvalue weighted by Crippen LogP contribution is -2.66. The summed E-state index contributed by atoms with van der Waals surface area (Å²) in [4.78, 5) is 27.2. The van der Waals surface area contributed by atoms with Crippen LogP contribution in [0.5, 0.6) is 0 Å². The van der Waals surface area contributed by atoms with Gasteiger partial charge in [0.15, 0.2) is 6.10 Å². The lowest BCUT2D eigenvalue weighted by Gasteiger charge is -2.52. The number of rotatable bonds is 6. The molecule has 162 valence electrons. The highest BCUT2D eigenvalue weighted by Gasteiger charge is 2.58. The largest absolute Gasteiger partial charge is 0.443 e. The molecule has 0 unspecified atom stereocenters. The number of carbonyl (C=O) groups is 2. The van der Waals surface area contributed by atoms with E-state index in [1.165, 1.54) is 4.90 Å². The minimum atomic E-state index is -2.29. The number of ether oxygens (including phenoxy) is 1. The molecule has 0 N–H and O–H groups in total. The monoisotopic (exact) mass is 419 g/mol. The lowest BCUT2D eigenvalue weighted by molar-refractivity contribution is -0.162. The second kappa shape index (κ2) is 8.60. The van der Waals surface area contributed by atoms with Crippen LogP contribution in [0.2, 0.25) is 16.6 Å². The Hall–Kier alpha value is -1.66. The Morgan fingerprint density at radius 3 is 1.86 bits per heavy atom. The van der Waals surface area contributed by atoms with Gasteiger partial charge in [-0.2, -0.15) is 0 Å². The molecule has 2 rings (SSSR count). The summed E-state index contributed by atoms with van der Waals surface area (Å²) in [5.41, 5.74) is 1.27. The van der Waals surface area contributed by atoms with Crippen molar-refractivity contribution < 1.29 is 18.8 Å². The van der Waals surface area contributed by atoms with E-state index in [0.29, 0.717) is 16.6 Å². The van der Waals surface area contributed by atoms with Crippen LogP contribution in [0.25, 0.3) is 0 Å². The molecule has 0 radical (unpaired) electrons. The van der Waals surface area contributed by atoms with Crippen molar-refractivity contribution in [2.24, 2.45) is 0 Å². The maximum atomic E-state index is 13.1. The zero-order valence-electron chi connectivity index (χ0n) is 19.4. The summed E-state index contributed by atoms with van der Waals surface area (Å²) in [5.74, 6) is -0.299. The van der Waals surface area contributed by atoms with Crippen LogP contribution in [0.4, 0.5) is 4.79 Å². The molecule has 0 aromatic heterocycles. The van der Waals surface area contributed by atoms with E-state index in [4.69, 9.17) is 9.16 Å². The summed E-state index contributed by atoms with van der Waals surface area (Å²) in [7, 11) is -2.29. The maximum absolute atomic E-state index is 13.1. The Kier molecular flexibility index (Phi) is 7.00. The molecule has 0 spiro atoms. The van der Waals surface area contributed by atoms with Crippen LogP contribution >= 0.6 is 0 Å². The first-order chi connectivity index (χ1) is 13.3. The first kappa shape index (κ1) is 23.6. The molecular formula is C23H37NO4Si. The molecule has 29 heavy (non-hydrogen) atoms. The predicted molar refractivity (Wildman–Crippen MR) is 118 cm³/mol. The number of nitrogens with zero attached hydrogens (tertiary/aromatic N) is 1. The quantitative estimate of drug-likeness (QED) is 0.415. The Balaban J connectivity index is 2.43. The fourth-order valence-corrected chi connectivity index (χ4v) is 10.2. The highest BCUT2D eigenvalue weighted by molar-refractivity contribution is 6.77. The number of hydrogen-bond donors (Lipinski definition) is 0. The molecule has 6 heteroatoms. The van der Waals surface area contributed by atoms with Crippen molar-refractivity contribution in [3.8, 4) is 0 Å². The van der Waals surface area contributed by atoms with Gasteiger partial charge in [0.25, 0.3) is 5.91 Å². The van der Waals surface area contributed by atoms with Crippen molar-refractivity contribution >= 4 is 20.3 Å². The van der Waals surface area contributed by atoms with Crippen LogP contribution in [0, 0.1) is 0 Å². The van der Waals surface area contributed by atoms with E-state index in [-0.39, 0.29) is 5.91 Å². The number of benzene rings is 1. The minimum absolute atomic E-state index is 0.299. The summed E-state index contributed by atoms with van der Waals surface area (Å²) >= 11 is 0. The zero-order chi connectivity index (χ0) is 22.1. The number of amides is 2. The van der Waals surface area contributed by atoms with Crippen molar-refractivity contribution in [1.82, 2.24) is 4.90 Å². The van der Waals surface area contributed by atoms with Gasteiger partial charge in [0.1, 0.15) is 11.6 Å². The van der Waals surface area contributed by atoms with Crippen molar-refractivity contribution in [2.45, 2.75) is 96.7 Å². The van der Waals surface area contributed by atoms with Crippen LogP contribution in [0.15, 0.2) is 30.3 Å². The maximum Gasteiger partial charge on any atom is 0.417 e. The van der Waals surface area contributed by atoms with Gasteiger partial charge < -0.3 is 9.16 Å². The van der Waals surface area contributed by atoms with Gasteiger partial charge in [-0.25, -0.2) is 9.69 Å². The zero-order valence-corrected chi connectivity index (χ0v) is 20.4. The molecule has 1 aromatic carbocycles. The second-order valence-corrected chi connectivity index (χ2v) is 15.3. The van der Waals surface area contributed by atoms with Crippen LogP contribution < -0.4 is 0 Å². The fourth-order valence-electron chi connectivity index (χ4n) is 4.69. The van der Waals surface area contributed by atoms with Gasteiger partial charge in [-0.15, -0.1) is 0 Å². The molecule has 1 aliphatic rings. The summed E-state index contributed by atoms with van der Waals surface area (Å²) in [5, 5.41) is 0. The Morgan fingerprint density at radius 2 is 1.45 bits per heavy atom. The summed E-state index contributed by atoms with van der Waals surface area (Å²) in [6.45, 7) is 18.6. The highest BCUT2D eigenvalue weighted by atomic mass is 28.4. The molecule has 0 bridgehead atoms. The Bertz CT molecular complexity index is 702. The second-order valence-electron chi connectivity index (χ2n) is 9.90. The van der Waals surface area contributed by atoms with E-state index in [9.17, 15) is 9.59 Å². The molecule has 1 saturated heterocycles. The number of hydrogen-bond acceptors (Lipinski definition) is 4. The van der Waals surface area contributed by atoms with Crippen molar-refractivity contribution in [3.05, 3.63) is 35.9 Å². The molecule has 5 nitrogen and oxygen atoms in total. The van der Waals surface area contributed by atoms with Crippen LogP contribution in [-0.4, -0.2) is 36.9 Å². The average Bonchev–Trinajstić information content (AvgIpc) is 2.58. The summed E-state index contributed by atoms with van der Waals surface area (Å²) < 4.78 is 12.3. The van der Waals surface area contributed by atoms with Crippen LogP contribution in [-0.2, 0) is 14.0 Å². The highest BCUT2D eigenvalue weighted by Crippen LogP contribution is 2.48. The van der Waals surface area contributed by atoms with Gasteiger partial charge in [-0.3, -0.25) is 4.79 Å². The van der Waals surface area contributed by atoms with Gasteiger partial charge >= 0.3 is 6.09 Å². The summed E-state index contributed by atoms with van der Waals surface area (Å²) in [6, 6.07) is 9.18. The van der Waals surface area contributed by atoms with E-state index in [1.54, 1.807) is 20.8 Å². The number of β-lactam (4-membered cyclic amide) rings is 1. The SMILES string of the molecule is CC(C)[Si](O[C@@H]1C(=O)N(C(=O)OC(C)(C)C)[C@@H]1c1ccccc1)(C(C)C)C(C)C. The Labute approximate surface area is 176 Å².